The van der Waals surface area contributed by atoms with Gasteiger partial charge in [-0.3, -0.25) is 14.9 Å². The molecule has 0 aliphatic rings. The van der Waals surface area contributed by atoms with Crippen molar-refractivity contribution < 1.29 is 9.59 Å². The van der Waals surface area contributed by atoms with Gasteiger partial charge in [-0.1, -0.05) is 75.4 Å². The number of amides is 2. The summed E-state index contributed by atoms with van der Waals surface area (Å²) in [6.07, 6.45) is 0. The first-order valence-electron chi connectivity index (χ1n) is 10.8. The van der Waals surface area contributed by atoms with Crippen LogP contribution in [0.2, 0.25) is 0 Å². The smallest absolute Gasteiger partial charge is 0.257 e. The van der Waals surface area contributed by atoms with Gasteiger partial charge >= 0.3 is 0 Å². The van der Waals surface area contributed by atoms with Crippen molar-refractivity contribution in [1.82, 2.24) is 10.6 Å². The predicted octanol–water partition coefficient (Wildman–Crippen LogP) is 5.07. The van der Waals surface area contributed by atoms with Crippen LogP contribution in [-0.4, -0.2) is 24.0 Å². The maximum Gasteiger partial charge on any atom is 0.257 e. The number of carbonyl (C=O) groups excluding carboxylic acids is 2. The van der Waals surface area contributed by atoms with Crippen molar-refractivity contribution >= 4 is 34.8 Å². The molecule has 0 aliphatic heterocycles. The van der Waals surface area contributed by atoms with Crippen molar-refractivity contribution in [2.75, 3.05) is 11.9 Å². The molecule has 0 heterocycles. The Morgan fingerprint density at radius 1 is 0.848 bits per heavy atom. The van der Waals surface area contributed by atoms with E-state index in [4.69, 9.17) is 12.2 Å². The number of hydrogen-bond acceptors (Lipinski definition) is 3. The molecule has 0 unspecified atom stereocenters. The highest BCUT2D eigenvalue weighted by molar-refractivity contribution is 7.80. The minimum Gasteiger partial charge on any atom is -0.348 e. The van der Waals surface area contributed by atoms with E-state index in [1.165, 1.54) is 0 Å². The average molecular weight is 460 g/mol. The Hall–Kier alpha value is -3.51. The molecule has 0 spiro atoms. The zero-order valence-corrected chi connectivity index (χ0v) is 20.2. The Kier molecular flexibility index (Phi) is 7.61. The second kappa shape index (κ2) is 10.4. The normalized spacial score (nSPS) is 10.9. The second-order valence-electron chi connectivity index (χ2n) is 8.83. The lowest BCUT2D eigenvalue weighted by molar-refractivity contribution is 0.0950. The van der Waals surface area contributed by atoms with Crippen LogP contribution in [0.1, 0.15) is 52.6 Å². The number of carbonyl (C=O) groups is 2. The van der Waals surface area contributed by atoms with Crippen LogP contribution in [0.4, 0.5) is 5.69 Å². The van der Waals surface area contributed by atoms with Gasteiger partial charge in [0, 0.05) is 19.2 Å². The first-order chi connectivity index (χ1) is 15.7. The van der Waals surface area contributed by atoms with E-state index >= 15 is 0 Å². The standard InChI is InChI=1S/C27H29N3O2S/c1-27(2,3)21-16-14-20(15-17-21)24(31)29-26(33)30(4)23-13-9-8-12-22(23)25(32)28-18-19-10-6-5-7-11-19/h5-17H,18H2,1-4H3,(H,28,32)(H,29,31,33). The fraction of sp³-hybridized carbons (Fsp3) is 0.222. The molecule has 5 nitrogen and oxygen atoms in total. The number of thiocarbonyl (C=S) groups is 1. The van der Waals surface area contributed by atoms with Crippen LogP contribution in [-0.2, 0) is 12.0 Å². The Labute approximate surface area is 200 Å². The predicted molar refractivity (Wildman–Crippen MR) is 138 cm³/mol. The van der Waals surface area contributed by atoms with Gasteiger partial charge < -0.3 is 10.2 Å². The van der Waals surface area contributed by atoms with Crippen molar-refractivity contribution in [3.63, 3.8) is 0 Å². The van der Waals surface area contributed by atoms with Crippen molar-refractivity contribution in [3.8, 4) is 0 Å². The number of hydrogen-bond donors (Lipinski definition) is 2. The van der Waals surface area contributed by atoms with Gasteiger partial charge in [0.1, 0.15) is 0 Å². The van der Waals surface area contributed by atoms with E-state index in [0.717, 1.165) is 11.1 Å². The third-order valence-corrected chi connectivity index (χ3v) is 5.72. The molecule has 2 amide bonds. The van der Waals surface area contributed by atoms with Gasteiger partial charge in [-0.2, -0.15) is 0 Å². The highest BCUT2D eigenvalue weighted by Crippen LogP contribution is 2.22. The van der Waals surface area contributed by atoms with E-state index in [0.29, 0.717) is 23.4 Å². The van der Waals surface area contributed by atoms with Crippen LogP contribution in [0.25, 0.3) is 0 Å². The minimum atomic E-state index is -0.293. The summed E-state index contributed by atoms with van der Waals surface area (Å²) in [5.74, 6) is -0.508. The van der Waals surface area contributed by atoms with Crippen LogP contribution < -0.4 is 15.5 Å². The molecule has 0 saturated carbocycles. The lowest BCUT2D eigenvalue weighted by Gasteiger charge is -2.23. The van der Waals surface area contributed by atoms with Gasteiger partial charge in [0.2, 0.25) is 0 Å². The summed E-state index contributed by atoms with van der Waals surface area (Å²) in [5.41, 5.74) is 3.77. The SMILES string of the molecule is CN(C(=S)NC(=O)c1ccc(C(C)(C)C)cc1)c1ccccc1C(=O)NCc1ccccc1. The van der Waals surface area contributed by atoms with Gasteiger partial charge in [-0.05, 0) is 53.0 Å². The number of nitrogens with zero attached hydrogens (tertiary/aromatic N) is 1. The Bertz CT molecular complexity index is 1140. The first-order valence-corrected chi connectivity index (χ1v) is 11.2. The molecule has 0 saturated heterocycles. The van der Waals surface area contributed by atoms with E-state index < -0.39 is 0 Å². The maximum atomic E-state index is 12.9. The molecule has 0 fully saturated rings. The summed E-state index contributed by atoms with van der Waals surface area (Å²) in [6.45, 7) is 6.79. The quantitative estimate of drug-likeness (QED) is 0.523. The van der Waals surface area contributed by atoms with Gasteiger partial charge in [0.05, 0.1) is 11.3 Å². The Morgan fingerprint density at radius 3 is 2.09 bits per heavy atom. The van der Waals surface area contributed by atoms with E-state index in [9.17, 15) is 9.59 Å². The Balaban J connectivity index is 1.69. The van der Waals surface area contributed by atoms with Crippen LogP contribution in [0.15, 0.2) is 78.9 Å². The average Bonchev–Trinajstić information content (AvgIpc) is 2.82. The second-order valence-corrected chi connectivity index (χ2v) is 9.22. The number of benzene rings is 3. The maximum absolute atomic E-state index is 12.9. The molecule has 0 bridgehead atoms. The molecule has 2 N–H and O–H groups in total. The fourth-order valence-electron chi connectivity index (χ4n) is 3.32. The van der Waals surface area contributed by atoms with E-state index in [-0.39, 0.29) is 22.3 Å². The zero-order chi connectivity index (χ0) is 24.0. The fourth-order valence-corrected chi connectivity index (χ4v) is 3.51. The van der Waals surface area contributed by atoms with E-state index in [1.54, 1.807) is 42.3 Å². The molecule has 0 radical (unpaired) electrons. The van der Waals surface area contributed by atoms with Gasteiger partial charge in [-0.15, -0.1) is 0 Å². The van der Waals surface area contributed by atoms with Crippen molar-refractivity contribution in [2.45, 2.75) is 32.7 Å². The summed E-state index contributed by atoms with van der Waals surface area (Å²) < 4.78 is 0. The molecule has 33 heavy (non-hydrogen) atoms. The van der Waals surface area contributed by atoms with E-state index in [2.05, 4.69) is 31.4 Å². The highest BCUT2D eigenvalue weighted by Gasteiger charge is 2.19. The third-order valence-electron chi connectivity index (χ3n) is 5.34. The molecule has 3 aromatic carbocycles. The van der Waals surface area contributed by atoms with Crippen LogP contribution in [0.5, 0.6) is 0 Å². The molecule has 3 rings (SSSR count). The molecule has 170 valence electrons. The topological polar surface area (TPSA) is 61.4 Å². The van der Waals surface area contributed by atoms with Gasteiger partial charge in [0.25, 0.3) is 11.8 Å². The van der Waals surface area contributed by atoms with Gasteiger partial charge in [0.15, 0.2) is 5.11 Å². The zero-order valence-electron chi connectivity index (χ0n) is 19.4. The number of nitrogens with one attached hydrogen (secondary N) is 2. The minimum absolute atomic E-state index is 0.00925. The molecular weight excluding hydrogens is 430 g/mol. The molecular formula is C27H29N3O2S. The van der Waals surface area contributed by atoms with Crippen molar-refractivity contribution in [3.05, 3.63) is 101 Å². The molecule has 6 heteroatoms. The van der Waals surface area contributed by atoms with Crippen LogP contribution in [0.3, 0.4) is 0 Å². The number of rotatable bonds is 5. The summed E-state index contributed by atoms with van der Waals surface area (Å²) in [5, 5.41) is 5.91. The lowest BCUT2D eigenvalue weighted by Crippen LogP contribution is -2.41. The molecule has 0 aromatic heterocycles. The highest BCUT2D eigenvalue weighted by atomic mass is 32.1. The van der Waals surface area contributed by atoms with E-state index in [1.807, 2.05) is 48.5 Å². The van der Waals surface area contributed by atoms with Crippen LogP contribution >= 0.6 is 12.2 Å². The third kappa shape index (κ3) is 6.26. The number of para-hydroxylation sites is 1. The van der Waals surface area contributed by atoms with Crippen molar-refractivity contribution in [2.24, 2.45) is 0 Å². The van der Waals surface area contributed by atoms with Crippen LogP contribution in [0, 0.1) is 0 Å². The monoisotopic (exact) mass is 459 g/mol. The lowest BCUT2D eigenvalue weighted by atomic mass is 9.87. The van der Waals surface area contributed by atoms with Gasteiger partial charge in [-0.25, -0.2) is 0 Å². The molecule has 0 aliphatic carbocycles. The number of anilines is 1. The summed E-state index contributed by atoms with van der Waals surface area (Å²) in [4.78, 5) is 27.2. The van der Waals surface area contributed by atoms with Crippen molar-refractivity contribution in [1.29, 1.82) is 0 Å². The summed E-state index contributed by atoms with van der Waals surface area (Å²) in [7, 11) is 1.73. The Morgan fingerprint density at radius 2 is 1.45 bits per heavy atom. The first kappa shape index (κ1) is 24.1. The molecule has 0 atom stereocenters. The largest absolute Gasteiger partial charge is 0.348 e. The summed E-state index contributed by atoms with van der Waals surface area (Å²) >= 11 is 5.47. The molecule has 3 aromatic rings. The summed E-state index contributed by atoms with van der Waals surface area (Å²) in [6, 6.07) is 24.4.